The van der Waals surface area contributed by atoms with Crippen LogP contribution in [-0.2, 0) is 12.8 Å². The molecule has 0 fully saturated rings. The van der Waals surface area contributed by atoms with Crippen molar-refractivity contribution in [3.8, 4) is 16.2 Å². The first-order valence-corrected chi connectivity index (χ1v) is 12.6. The van der Waals surface area contributed by atoms with E-state index in [0.29, 0.717) is 11.8 Å². The molecule has 6 rings (SSSR count). The molecule has 0 saturated heterocycles. The lowest BCUT2D eigenvalue weighted by Gasteiger charge is -2.28. The minimum absolute atomic E-state index is 0.580. The summed E-state index contributed by atoms with van der Waals surface area (Å²) >= 11 is 1.87. The van der Waals surface area contributed by atoms with Crippen LogP contribution in [0.2, 0.25) is 0 Å². The van der Waals surface area contributed by atoms with Gasteiger partial charge in [0.2, 0.25) is 0 Å². The van der Waals surface area contributed by atoms with Crippen LogP contribution in [0.25, 0.3) is 31.4 Å². The van der Waals surface area contributed by atoms with Crippen LogP contribution in [0, 0.1) is 11.8 Å². The number of rotatable bonds is 3. The average molecular weight is 450 g/mol. The molecular formula is C30H27NOS. The van der Waals surface area contributed by atoms with Crippen molar-refractivity contribution in [3.05, 3.63) is 96.2 Å². The molecule has 2 aromatic heterocycles. The zero-order valence-corrected chi connectivity index (χ0v) is 19.6. The summed E-state index contributed by atoms with van der Waals surface area (Å²) in [7, 11) is 0. The summed E-state index contributed by atoms with van der Waals surface area (Å²) in [6.07, 6.45) is 5.14. The summed E-state index contributed by atoms with van der Waals surface area (Å²) in [5, 5.41) is 2.60. The van der Waals surface area contributed by atoms with Gasteiger partial charge in [-0.1, -0.05) is 43.3 Å². The van der Waals surface area contributed by atoms with Crippen molar-refractivity contribution < 1.29 is 4.74 Å². The highest BCUT2D eigenvalue weighted by Crippen LogP contribution is 2.38. The van der Waals surface area contributed by atoms with E-state index in [0.717, 1.165) is 37.1 Å². The summed E-state index contributed by atoms with van der Waals surface area (Å²) in [4.78, 5) is 5.88. The third-order valence-electron chi connectivity index (χ3n) is 7.08. The molecule has 3 heterocycles. The van der Waals surface area contributed by atoms with E-state index < -0.39 is 0 Å². The van der Waals surface area contributed by atoms with Crippen molar-refractivity contribution in [2.75, 3.05) is 6.61 Å². The molecule has 0 amide bonds. The third-order valence-corrected chi connectivity index (χ3v) is 8.25. The molecular weight excluding hydrogens is 422 g/mol. The number of benzene rings is 3. The number of thiophene rings is 1. The summed E-state index contributed by atoms with van der Waals surface area (Å²) in [5.41, 5.74) is 5.12. The van der Waals surface area contributed by atoms with E-state index in [1.165, 1.54) is 37.0 Å². The Hall–Kier alpha value is -3.17. The van der Waals surface area contributed by atoms with Crippen LogP contribution in [0.3, 0.4) is 0 Å². The quantitative estimate of drug-likeness (QED) is 0.279. The maximum absolute atomic E-state index is 6.27. The second kappa shape index (κ2) is 8.64. The molecule has 0 bridgehead atoms. The number of ether oxygens (including phenoxy) is 1. The van der Waals surface area contributed by atoms with Crippen LogP contribution in [0.5, 0.6) is 5.75 Å². The molecule has 2 unspecified atom stereocenters. The Labute approximate surface area is 198 Å². The lowest BCUT2D eigenvalue weighted by Crippen LogP contribution is -2.22. The fourth-order valence-electron chi connectivity index (χ4n) is 5.19. The van der Waals surface area contributed by atoms with Gasteiger partial charge in [-0.25, -0.2) is 0 Å². The van der Waals surface area contributed by atoms with E-state index in [-0.39, 0.29) is 0 Å². The Morgan fingerprint density at radius 3 is 2.79 bits per heavy atom. The predicted octanol–water partition coefficient (Wildman–Crippen LogP) is 7.94. The second-order valence-corrected chi connectivity index (χ2v) is 10.3. The number of aromatic nitrogens is 1. The summed E-state index contributed by atoms with van der Waals surface area (Å²) in [5.74, 6) is 2.22. The largest absolute Gasteiger partial charge is 0.493 e. The Morgan fingerprint density at radius 1 is 0.970 bits per heavy atom. The van der Waals surface area contributed by atoms with Crippen molar-refractivity contribution >= 4 is 32.3 Å². The maximum atomic E-state index is 6.27. The highest BCUT2D eigenvalue weighted by molar-refractivity contribution is 7.22. The summed E-state index contributed by atoms with van der Waals surface area (Å²) < 4.78 is 7.61. The van der Waals surface area contributed by atoms with E-state index in [2.05, 4.69) is 90.8 Å². The van der Waals surface area contributed by atoms with Crippen LogP contribution < -0.4 is 4.74 Å². The van der Waals surface area contributed by atoms with E-state index >= 15 is 0 Å². The number of hydrogen-bond acceptors (Lipinski definition) is 3. The van der Waals surface area contributed by atoms with Gasteiger partial charge in [-0.05, 0) is 95.6 Å². The highest BCUT2D eigenvalue weighted by atomic mass is 32.1. The van der Waals surface area contributed by atoms with Crippen molar-refractivity contribution in [1.29, 1.82) is 0 Å². The van der Waals surface area contributed by atoms with Gasteiger partial charge in [-0.3, -0.25) is 4.98 Å². The molecule has 1 aliphatic rings. The molecule has 0 saturated carbocycles. The van der Waals surface area contributed by atoms with Gasteiger partial charge in [0.05, 0.1) is 12.1 Å². The number of hydrogen-bond donors (Lipinski definition) is 0. The first-order valence-electron chi connectivity index (χ1n) is 11.8. The van der Waals surface area contributed by atoms with Crippen molar-refractivity contribution in [3.63, 3.8) is 0 Å². The molecule has 0 spiro atoms. The lowest BCUT2D eigenvalue weighted by molar-refractivity contribution is 0.222. The normalized spacial score (nSPS) is 18.5. The Kier molecular flexibility index (Phi) is 5.35. The van der Waals surface area contributed by atoms with Crippen LogP contribution in [-0.4, -0.2) is 11.6 Å². The second-order valence-electron chi connectivity index (χ2n) is 9.24. The standard InChI is InChI=1S/C30H27NOS/c1-20-16-25-18-24(30-19-23-6-2-5-9-29(23)33-30)10-11-28(25)32-15-13-21(20)17-22-12-14-31-27-8-4-3-7-26(22)27/h2-12,14,18-21H,13,15-17H2,1H3. The molecule has 33 heavy (non-hydrogen) atoms. The highest BCUT2D eigenvalue weighted by Gasteiger charge is 2.24. The number of nitrogens with zero attached hydrogens (tertiary/aromatic N) is 1. The van der Waals surface area contributed by atoms with Gasteiger partial charge in [-0.15, -0.1) is 11.3 Å². The molecule has 5 aromatic rings. The zero-order valence-electron chi connectivity index (χ0n) is 18.8. The van der Waals surface area contributed by atoms with Crippen LogP contribution >= 0.6 is 11.3 Å². The summed E-state index contributed by atoms with van der Waals surface area (Å²) in [6.45, 7) is 3.18. The molecule has 1 aliphatic heterocycles. The minimum Gasteiger partial charge on any atom is -0.493 e. The number of para-hydroxylation sites is 1. The van der Waals surface area contributed by atoms with E-state index in [1.54, 1.807) is 0 Å². The molecule has 164 valence electrons. The molecule has 2 nitrogen and oxygen atoms in total. The summed E-state index contributed by atoms with van der Waals surface area (Å²) in [6, 6.07) is 28.4. The van der Waals surface area contributed by atoms with Crippen LogP contribution in [0.1, 0.15) is 24.5 Å². The van der Waals surface area contributed by atoms with Gasteiger partial charge in [-0.2, -0.15) is 0 Å². The fourth-order valence-corrected chi connectivity index (χ4v) is 6.25. The number of pyridine rings is 1. The third kappa shape index (κ3) is 4.02. The Balaban J connectivity index is 1.28. The Morgan fingerprint density at radius 2 is 1.85 bits per heavy atom. The molecule has 0 aliphatic carbocycles. The fraction of sp³-hybridized carbons (Fsp3) is 0.233. The van der Waals surface area contributed by atoms with Gasteiger partial charge in [0.1, 0.15) is 5.75 Å². The van der Waals surface area contributed by atoms with E-state index in [9.17, 15) is 0 Å². The predicted molar refractivity (Wildman–Crippen MR) is 139 cm³/mol. The van der Waals surface area contributed by atoms with Crippen molar-refractivity contribution in [2.45, 2.75) is 26.2 Å². The van der Waals surface area contributed by atoms with Gasteiger partial charge in [0.25, 0.3) is 0 Å². The molecule has 0 radical (unpaired) electrons. The topological polar surface area (TPSA) is 22.1 Å². The smallest absolute Gasteiger partial charge is 0.122 e. The SMILES string of the molecule is CC1Cc2cc(-c3cc4ccccc4s3)ccc2OCCC1Cc1ccnc2ccccc12. The molecule has 2 atom stereocenters. The van der Waals surface area contributed by atoms with Gasteiger partial charge < -0.3 is 4.74 Å². The van der Waals surface area contributed by atoms with Crippen molar-refractivity contribution in [2.24, 2.45) is 11.8 Å². The molecule has 0 N–H and O–H groups in total. The molecule has 3 aromatic carbocycles. The van der Waals surface area contributed by atoms with Gasteiger partial charge in [0, 0.05) is 21.2 Å². The monoisotopic (exact) mass is 449 g/mol. The van der Waals surface area contributed by atoms with Crippen LogP contribution in [0.4, 0.5) is 0 Å². The van der Waals surface area contributed by atoms with Gasteiger partial charge in [0.15, 0.2) is 0 Å². The lowest BCUT2D eigenvalue weighted by atomic mass is 9.80. The van der Waals surface area contributed by atoms with E-state index in [4.69, 9.17) is 4.74 Å². The zero-order chi connectivity index (χ0) is 22.2. The minimum atomic E-state index is 0.580. The van der Waals surface area contributed by atoms with Crippen molar-refractivity contribution in [1.82, 2.24) is 4.98 Å². The first-order chi connectivity index (χ1) is 16.2. The number of fused-ring (bicyclic) bond motifs is 3. The first kappa shape index (κ1) is 20.4. The molecule has 3 heteroatoms. The Bertz CT molecular complexity index is 1400. The van der Waals surface area contributed by atoms with Crippen LogP contribution in [0.15, 0.2) is 85.1 Å². The maximum Gasteiger partial charge on any atom is 0.122 e. The average Bonchev–Trinajstić information content (AvgIpc) is 3.28. The van der Waals surface area contributed by atoms with E-state index in [1.807, 2.05) is 17.5 Å². The van der Waals surface area contributed by atoms with Gasteiger partial charge >= 0.3 is 0 Å².